The van der Waals surface area contributed by atoms with Gasteiger partial charge < -0.3 is 25.0 Å². The van der Waals surface area contributed by atoms with Crippen LogP contribution in [0.3, 0.4) is 0 Å². The van der Waals surface area contributed by atoms with Gasteiger partial charge in [-0.3, -0.25) is 4.79 Å². The number of carbonyl (C=O) groups is 2. The Balaban J connectivity index is 1.84. The minimum atomic E-state index is -0.923. The molecule has 2 N–H and O–H groups in total. The fourth-order valence-corrected chi connectivity index (χ4v) is 3.13. The first kappa shape index (κ1) is 18.5. The lowest BCUT2D eigenvalue weighted by atomic mass is 10.1. The van der Waals surface area contributed by atoms with Crippen molar-refractivity contribution < 1.29 is 23.5 Å². The average molecular weight is 387 g/mol. The maximum absolute atomic E-state index is 14.3. The van der Waals surface area contributed by atoms with Crippen molar-refractivity contribution in [3.8, 4) is 5.75 Å². The van der Waals surface area contributed by atoms with E-state index >= 15 is 0 Å². The highest BCUT2D eigenvalue weighted by Gasteiger charge is 2.40. The number of nitrogen functional groups attached to an aromatic ring is 1. The third kappa shape index (κ3) is 3.35. The maximum atomic E-state index is 14.3. The predicted molar refractivity (Wildman–Crippen MR) is 91.7 cm³/mol. The molecule has 142 valence electrons. The molecule has 3 rings (SSSR count). The van der Waals surface area contributed by atoms with Crippen LogP contribution in [0.2, 0.25) is 5.15 Å². The van der Waals surface area contributed by atoms with Crippen LogP contribution in [0.4, 0.5) is 15.0 Å². The molecule has 1 saturated heterocycles. The van der Waals surface area contributed by atoms with Gasteiger partial charge in [0.1, 0.15) is 23.6 Å². The summed E-state index contributed by atoms with van der Waals surface area (Å²) in [5.41, 5.74) is 5.00. The van der Waals surface area contributed by atoms with Crippen LogP contribution in [0, 0.1) is 5.82 Å². The molecule has 10 heteroatoms. The van der Waals surface area contributed by atoms with E-state index in [2.05, 4.69) is 4.98 Å². The number of amides is 2. The molecule has 2 amide bonds. The molecule has 3 heterocycles. The van der Waals surface area contributed by atoms with Crippen molar-refractivity contribution in [1.29, 1.82) is 0 Å². The first-order chi connectivity index (χ1) is 12.1. The zero-order valence-corrected chi connectivity index (χ0v) is 15.5. The quantitative estimate of drug-likeness (QED) is 0.684. The van der Waals surface area contributed by atoms with Gasteiger partial charge in [0.15, 0.2) is 10.9 Å². The lowest BCUT2D eigenvalue weighted by Gasteiger charge is -2.40. The van der Waals surface area contributed by atoms with Crippen LogP contribution in [-0.4, -0.2) is 64.7 Å². The van der Waals surface area contributed by atoms with Crippen LogP contribution in [0.15, 0.2) is 0 Å². The van der Waals surface area contributed by atoms with Crippen molar-refractivity contribution in [2.75, 3.05) is 32.0 Å². The minimum Gasteiger partial charge on any atom is -0.487 e. The van der Waals surface area contributed by atoms with Crippen molar-refractivity contribution in [2.45, 2.75) is 32.4 Å². The van der Waals surface area contributed by atoms with E-state index in [0.29, 0.717) is 0 Å². The normalized spacial score (nSPS) is 20.0. The van der Waals surface area contributed by atoms with E-state index < -0.39 is 34.6 Å². The molecule has 0 saturated carbocycles. The van der Waals surface area contributed by atoms with Crippen LogP contribution >= 0.6 is 11.6 Å². The number of piperazine rings is 1. The number of fused-ring (bicyclic) bond motifs is 2. The second kappa shape index (κ2) is 6.46. The van der Waals surface area contributed by atoms with E-state index in [-0.39, 0.29) is 43.4 Å². The Morgan fingerprint density at radius 1 is 1.42 bits per heavy atom. The molecular weight excluding hydrogens is 367 g/mol. The Kier molecular flexibility index (Phi) is 4.60. The van der Waals surface area contributed by atoms with Gasteiger partial charge in [-0.1, -0.05) is 11.6 Å². The molecule has 1 fully saturated rings. The molecule has 1 aromatic heterocycles. The number of halogens is 2. The molecular formula is C16H20ClFN4O4. The van der Waals surface area contributed by atoms with Gasteiger partial charge in [0.05, 0.1) is 6.04 Å². The number of anilines is 1. The van der Waals surface area contributed by atoms with Gasteiger partial charge in [0.25, 0.3) is 5.91 Å². The first-order valence-electron chi connectivity index (χ1n) is 8.14. The highest BCUT2D eigenvalue weighted by atomic mass is 35.5. The topological polar surface area (TPSA) is 98.0 Å². The maximum Gasteiger partial charge on any atom is 0.410 e. The van der Waals surface area contributed by atoms with Crippen LogP contribution in [0.25, 0.3) is 0 Å². The SMILES string of the molecule is CC(C)(C)OC(=O)N1CCN2C(=O)c3c(N)nc(Cl)c(F)c3OC[C@H]2C1. The number of rotatable bonds is 0. The number of nitrogens with two attached hydrogens (primary N) is 1. The molecule has 1 aromatic rings. The summed E-state index contributed by atoms with van der Waals surface area (Å²) in [4.78, 5) is 31.8. The summed E-state index contributed by atoms with van der Waals surface area (Å²) < 4.78 is 25.1. The summed E-state index contributed by atoms with van der Waals surface area (Å²) >= 11 is 5.69. The molecule has 0 unspecified atom stereocenters. The second-order valence-electron chi connectivity index (χ2n) is 7.20. The smallest absolute Gasteiger partial charge is 0.410 e. The molecule has 8 nitrogen and oxygen atoms in total. The van der Waals surface area contributed by atoms with Crippen molar-refractivity contribution in [3.05, 3.63) is 16.5 Å². The Morgan fingerprint density at radius 3 is 2.77 bits per heavy atom. The van der Waals surface area contributed by atoms with Gasteiger partial charge in [0.2, 0.25) is 5.82 Å². The largest absolute Gasteiger partial charge is 0.487 e. The van der Waals surface area contributed by atoms with E-state index in [4.69, 9.17) is 26.8 Å². The van der Waals surface area contributed by atoms with Crippen molar-refractivity contribution in [3.63, 3.8) is 0 Å². The highest BCUT2D eigenvalue weighted by molar-refractivity contribution is 6.30. The first-order valence-corrected chi connectivity index (χ1v) is 8.52. The molecule has 1 atom stereocenters. The number of hydrogen-bond acceptors (Lipinski definition) is 6. The summed E-state index contributed by atoms with van der Waals surface area (Å²) in [6, 6.07) is -0.464. The third-order valence-corrected chi connectivity index (χ3v) is 4.36. The summed E-state index contributed by atoms with van der Waals surface area (Å²) in [5, 5.41) is -0.454. The Labute approximate surface area is 155 Å². The fraction of sp³-hybridized carbons (Fsp3) is 0.562. The minimum absolute atomic E-state index is 0.00522. The lowest BCUT2D eigenvalue weighted by Crippen LogP contribution is -2.58. The molecule has 26 heavy (non-hydrogen) atoms. The molecule has 2 aliphatic heterocycles. The third-order valence-electron chi connectivity index (χ3n) is 4.11. The summed E-state index contributed by atoms with van der Waals surface area (Å²) in [5.74, 6) is -1.91. The van der Waals surface area contributed by atoms with Gasteiger partial charge in [-0.2, -0.15) is 4.39 Å². The van der Waals surface area contributed by atoms with Crippen LogP contribution < -0.4 is 10.5 Å². The van der Waals surface area contributed by atoms with Crippen molar-refractivity contribution >= 4 is 29.4 Å². The van der Waals surface area contributed by atoms with E-state index in [1.54, 1.807) is 20.8 Å². The summed E-state index contributed by atoms with van der Waals surface area (Å²) in [7, 11) is 0. The molecule has 0 radical (unpaired) electrons. The highest BCUT2D eigenvalue weighted by Crippen LogP contribution is 2.35. The Bertz CT molecular complexity index is 768. The average Bonchev–Trinajstić information content (AvgIpc) is 2.68. The fourth-order valence-electron chi connectivity index (χ4n) is 2.95. The van der Waals surface area contributed by atoms with Crippen molar-refractivity contribution in [2.24, 2.45) is 0 Å². The van der Waals surface area contributed by atoms with E-state index in [0.717, 1.165) is 0 Å². The molecule has 0 bridgehead atoms. The zero-order chi connectivity index (χ0) is 19.2. The van der Waals surface area contributed by atoms with Crippen molar-refractivity contribution in [1.82, 2.24) is 14.8 Å². The monoisotopic (exact) mass is 386 g/mol. The van der Waals surface area contributed by atoms with Gasteiger partial charge in [0, 0.05) is 19.6 Å². The molecule has 2 aliphatic rings. The van der Waals surface area contributed by atoms with Gasteiger partial charge in [-0.05, 0) is 20.8 Å². The van der Waals surface area contributed by atoms with Gasteiger partial charge in [-0.15, -0.1) is 0 Å². The lowest BCUT2D eigenvalue weighted by molar-refractivity contribution is 0.000870. The van der Waals surface area contributed by atoms with Gasteiger partial charge in [-0.25, -0.2) is 9.78 Å². The molecule has 0 aromatic carbocycles. The van der Waals surface area contributed by atoms with E-state index in [9.17, 15) is 14.0 Å². The standard InChI is InChI=1S/C16H20ClFN4O4/c1-16(2,3)26-15(24)21-4-5-22-8(6-21)7-25-11-9(14(22)23)13(19)20-12(17)10(11)18/h8H,4-7H2,1-3H3,(H2,19,20)/t8-/m1/s1. The number of aromatic nitrogens is 1. The summed E-state index contributed by atoms with van der Waals surface area (Å²) in [6.07, 6.45) is -0.471. The molecule has 0 aliphatic carbocycles. The van der Waals surface area contributed by atoms with Crippen LogP contribution in [0.1, 0.15) is 31.1 Å². The zero-order valence-electron chi connectivity index (χ0n) is 14.7. The van der Waals surface area contributed by atoms with E-state index in [1.165, 1.54) is 9.80 Å². The number of nitrogens with zero attached hydrogens (tertiary/aromatic N) is 3. The number of ether oxygens (including phenoxy) is 2. The Hall–Kier alpha value is -2.29. The predicted octanol–water partition coefficient (Wildman–Crippen LogP) is 1.91. The number of hydrogen-bond donors (Lipinski definition) is 1. The van der Waals surface area contributed by atoms with Gasteiger partial charge >= 0.3 is 6.09 Å². The van der Waals surface area contributed by atoms with Crippen LogP contribution in [-0.2, 0) is 4.74 Å². The van der Waals surface area contributed by atoms with E-state index in [1.807, 2.05) is 0 Å². The van der Waals surface area contributed by atoms with Crippen LogP contribution in [0.5, 0.6) is 5.75 Å². The molecule has 0 spiro atoms. The number of carbonyl (C=O) groups excluding carboxylic acids is 2. The second-order valence-corrected chi connectivity index (χ2v) is 7.55. The summed E-state index contributed by atoms with van der Waals surface area (Å²) in [6.45, 7) is 6.06. The number of pyridine rings is 1. The Morgan fingerprint density at radius 2 is 2.12 bits per heavy atom.